The molecule has 2 amide bonds. The number of para-hydroxylation sites is 2. The second-order valence-electron chi connectivity index (χ2n) is 7.02. The number of fused-ring (bicyclic) bond motifs is 2. The van der Waals surface area contributed by atoms with E-state index in [9.17, 15) is 14.4 Å². The molecule has 2 aromatic heterocycles. The van der Waals surface area contributed by atoms with Crippen LogP contribution < -0.4 is 16.2 Å². The third-order valence-electron chi connectivity index (χ3n) is 4.92. The standard InChI is InChI=1S/C22H20N4O4S/c27-19(25-30)11-5-6-12-26-13-15(20(28)14-7-1-3-9-17(14)26)21(29)24-22-23-16-8-2-4-10-18(16)31-22/h1-4,7-10,13,30H,5-6,11-12H2,(H,25,27)(H,23,24,29). The van der Waals surface area contributed by atoms with Crippen molar-refractivity contribution >= 4 is 49.4 Å². The number of hydroxylamine groups is 1. The molecule has 0 bridgehead atoms. The number of benzene rings is 2. The van der Waals surface area contributed by atoms with Crippen LogP contribution in [0.5, 0.6) is 0 Å². The first-order valence-electron chi connectivity index (χ1n) is 9.79. The molecule has 4 rings (SSSR count). The van der Waals surface area contributed by atoms with E-state index in [4.69, 9.17) is 5.21 Å². The Hall–Kier alpha value is -3.56. The molecule has 0 aliphatic rings. The monoisotopic (exact) mass is 436 g/mol. The highest BCUT2D eigenvalue weighted by Crippen LogP contribution is 2.25. The zero-order valence-electron chi connectivity index (χ0n) is 16.5. The Kier molecular flexibility index (Phi) is 6.06. The van der Waals surface area contributed by atoms with Gasteiger partial charge in [-0.1, -0.05) is 35.6 Å². The van der Waals surface area contributed by atoms with Crippen LogP contribution >= 0.6 is 11.3 Å². The average Bonchev–Trinajstić information content (AvgIpc) is 3.20. The van der Waals surface area contributed by atoms with Crippen molar-refractivity contribution in [2.24, 2.45) is 0 Å². The van der Waals surface area contributed by atoms with Crippen LogP contribution in [-0.4, -0.2) is 26.6 Å². The van der Waals surface area contributed by atoms with E-state index >= 15 is 0 Å². The largest absolute Gasteiger partial charge is 0.346 e. The van der Waals surface area contributed by atoms with Crippen molar-refractivity contribution in [3.8, 4) is 0 Å². The van der Waals surface area contributed by atoms with E-state index < -0.39 is 11.8 Å². The van der Waals surface area contributed by atoms with E-state index in [0.29, 0.717) is 29.9 Å². The second-order valence-corrected chi connectivity index (χ2v) is 8.05. The molecule has 0 aliphatic carbocycles. The molecule has 158 valence electrons. The summed E-state index contributed by atoms with van der Waals surface area (Å²) in [5.74, 6) is -0.955. The number of thiazole rings is 1. The smallest absolute Gasteiger partial charge is 0.262 e. The molecule has 0 spiro atoms. The lowest BCUT2D eigenvalue weighted by molar-refractivity contribution is -0.129. The zero-order chi connectivity index (χ0) is 21.8. The third-order valence-corrected chi connectivity index (χ3v) is 5.88. The van der Waals surface area contributed by atoms with Crippen molar-refractivity contribution in [3.63, 3.8) is 0 Å². The molecular formula is C22H20N4O4S. The molecule has 0 saturated carbocycles. The summed E-state index contributed by atoms with van der Waals surface area (Å²) in [6.07, 6.45) is 2.94. The summed E-state index contributed by atoms with van der Waals surface area (Å²) in [5, 5.41) is 12.2. The molecular weight excluding hydrogens is 416 g/mol. The maximum absolute atomic E-state index is 13.0. The molecule has 2 aromatic carbocycles. The summed E-state index contributed by atoms with van der Waals surface area (Å²) in [6.45, 7) is 0.515. The molecule has 0 saturated heterocycles. The number of unbranched alkanes of at least 4 members (excludes halogenated alkanes) is 1. The van der Waals surface area contributed by atoms with Crippen LogP contribution in [0.4, 0.5) is 5.13 Å². The quantitative estimate of drug-likeness (QED) is 0.233. The average molecular weight is 436 g/mol. The molecule has 4 aromatic rings. The van der Waals surface area contributed by atoms with Crippen molar-refractivity contribution in [3.05, 3.63) is 70.5 Å². The molecule has 2 heterocycles. The van der Waals surface area contributed by atoms with Gasteiger partial charge in [0, 0.05) is 24.5 Å². The first-order chi connectivity index (χ1) is 15.1. The second kappa shape index (κ2) is 9.07. The van der Waals surface area contributed by atoms with E-state index in [1.165, 1.54) is 11.3 Å². The van der Waals surface area contributed by atoms with Gasteiger partial charge in [-0.05, 0) is 37.1 Å². The van der Waals surface area contributed by atoms with E-state index in [0.717, 1.165) is 15.7 Å². The summed E-state index contributed by atoms with van der Waals surface area (Å²) in [4.78, 5) is 41.5. The Balaban J connectivity index is 1.61. The van der Waals surface area contributed by atoms with Gasteiger partial charge in [0.05, 0.1) is 15.7 Å². The number of hydrogen-bond donors (Lipinski definition) is 3. The predicted molar refractivity (Wildman–Crippen MR) is 120 cm³/mol. The van der Waals surface area contributed by atoms with E-state index in [2.05, 4.69) is 10.3 Å². The van der Waals surface area contributed by atoms with Crippen LogP contribution in [-0.2, 0) is 11.3 Å². The number of anilines is 1. The first-order valence-corrected chi connectivity index (χ1v) is 10.6. The molecule has 0 radical (unpaired) electrons. The third kappa shape index (κ3) is 4.47. The Morgan fingerprint density at radius 2 is 1.84 bits per heavy atom. The number of pyridine rings is 1. The van der Waals surface area contributed by atoms with Crippen LogP contribution in [0.2, 0.25) is 0 Å². The van der Waals surface area contributed by atoms with Gasteiger partial charge < -0.3 is 4.57 Å². The van der Waals surface area contributed by atoms with E-state index in [1.54, 1.807) is 23.8 Å². The maximum atomic E-state index is 13.0. The normalized spacial score (nSPS) is 11.0. The fourth-order valence-electron chi connectivity index (χ4n) is 3.41. The SMILES string of the molecule is O=C(CCCCn1cc(C(=O)Nc2nc3ccccc3s2)c(=O)c2ccccc21)NO. The van der Waals surface area contributed by atoms with E-state index in [-0.39, 0.29) is 17.4 Å². The van der Waals surface area contributed by atoms with E-state index in [1.807, 2.05) is 41.0 Å². The van der Waals surface area contributed by atoms with Crippen LogP contribution in [0.1, 0.15) is 29.6 Å². The number of nitrogens with one attached hydrogen (secondary N) is 2. The molecule has 9 heteroatoms. The molecule has 3 N–H and O–H groups in total. The summed E-state index contributed by atoms with van der Waals surface area (Å²) >= 11 is 1.35. The minimum absolute atomic E-state index is 0.0334. The fourth-order valence-corrected chi connectivity index (χ4v) is 4.27. The molecule has 0 atom stereocenters. The highest BCUT2D eigenvalue weighted by atomic mass is 32.1. The minimum atomic E-state index is -0.511. The van der Waals surface area contributed by atoms with Gasteiger partial charge in [-0.2, -0.15) is 0 Å². The number of carbonyl (C=O) groups excluding carboxylic acids is 2. The maximum Gasteiger partial charge on any atom is 0.262 e. The number of amides is 2. The number of rotatable bonds is 7. The molecule has 8 nitrogen and oxygen atoms in total. The number of carbonyl (C=O) groups is 2. The van der Waals surface area contributed by atoms with Crippen molar-refractivity contribution in [1.82, 2.24) is 15.0 Å². The Morgan fingerprint density at radius 3 is 2.65 bits per heavy atom. The lowest BCUT2D eigenvalue weighted by Gasteiger charge is -2.13. The fraction of sp³-hybridized carbons (Fsp3) is 0.182. The van der Waals surface area contributed by atoms with Gasteiger partial charge in [-0.3, -0.25) is 24.9 Å². The van der Waals surface area contributed by atoms with Gasteiger partial charge in [0.25, 0.3) is 5.91 Å². The Morgan fingerprint density at radius 1 is 1.06 bits per heavy atom. The Labute approximate surface area is 181 Å². The van der Waals surface area contributed by atoms with Crippen LogP contribution in [0, 0.1) is 0 Å². The number of aryl methyl sites for hydroxylation is 1. The minimum Gasteiger partial charge on any atom is -0.346 e. The van der Waals surface area contributed by atoms with Crippen molar-refractivity contribution < 1.29 is 14.8 Å². The lowest BCUT2D eigenvalue weighted by atomic mass is 10.1. The summed E-state index contributed by atoms with van der Waals surface area (Å²) < 4.78 is 2.79. The number of aromatic nitrogens is 2. The first kappa shape index (κ1) is 20.7. The summed E-state index contributed by atoms with van der Waals surface area (Å²) in [5.41, 5.74) is 2.80. The van der Waals surface area contributed by atoms with Crippen LogP contribution in [0.3, 0.4) is 0 Å². The number of hydrogen-bond acceptors (Lipinski definition) is 6. The van der Waals surface area contributed by atoms with Gasteiger partial charge in [-0.25, -0.2) is 10.5 Å². The topological polar surface area (TPSA) is 113 Å². The molecule has 0 unspecified atom stereocenters. The van der Waals surface area contributed by atoms with Gasteiger partial charge >= 0.3 is 0 Å². The van der Waals surface area contributed by atoms with Crippen molar-refractivity contribution in [2.45, 2.75) is 25.8 Å². The zero-order valence-corrected chi connectivity index (χ0v) is 17.3. The van der Waals surface area contributed by atoms with Crippen molar-refractivity contribution in [2.75, 3.05) is 5.32 Å². The summed E-state index contributed by atoms with van der Waals surface area (Å²) in [6, 6.07) is 14.7. The highest BCUT2D eigenvalue weighted by Gasteiger charge is 2.17. The van der Waals surface area contributed by atoms with Gasteiger partial charge in [-0.15, -0.1) is 0 Å². The van der Waals surface area contributed by atoms with Gasteiger partial charge in [0.15, 0.2) is 5.13 Å². The highest BCUT2D eigenvalue weighted by molar-refractivity contribution is 7.22. The van der Waals surface area contributed by atoms with Crippen LogP contribution in [0.15, 0.2) is 59.5 Å². The number of nitrogens with zero attached hydrogens (tertiary/aromatic N) is 2. The van der Waals surface area contributed by atoms with Crippen LogP contribution in [0.25, 0.3) is 21.1 Å². The molecule has 0 fully saturated rings. The lowest BCUT2D eigenvalue weighted by Crippen LogP contribution is -2.24. The summed E-state index contributed by atoms with van der Waals surface area (Å²) in [7, 11) is 0. The molecule has 0 aliphatic heterocycles. The Bertz CT molecular complexity index is 1300. The van der Waals surface area contributed by atoms with Crippen molar-refractivity contribution in [1.29, 1.82) is 0 Å². The predicted octanol–water partition coefficient (Wildman–Crippen LogP) is 3.54. The van der Waals surface area contributed by atoms with Gasteiger partial charge in [0.2, 0.25) is 11.3 Å². The van der Waals surface area contributed by atoms with Gasteiger partial charge in [0.1, 0.15) is 5.56 Å². The molecule has 31 heavy (non-hydrogen) atoms.